The van der Waals surface area contributed by atoms with E-state index in [0.29, 0.717) is 44.5 Å². The average Bonchev–Trinajstić information content (AvgIpc) is 3.78. The van der Waals surface area contributed by atoms with Crippen LogP contribution in [0, 0.1) is 0 Å². The lowest BCUT2D eigenvalue weighted by Gasteiger charge is -2.31. The Balaban J connectivity index is 1.46. The van der Waals surface area contributed by atoms with E-state index in [-0.39, 0.29) is 19.0 Å². The average molecular weight is 692 g/mol. The number of nitrogens with zero attached hydrogens (tertiary/aromatic N) is 6. The van der Waals surface area contributed by atoms with Crippen LogP contribution < -0.4 is 24.4 Å². The molecule has 4 aromatic carbocycles. The van der Waals surface area contributed by atoms with Crippen molar-refractivity contribution >= 4 is 45.6 Å². The first-order valence-corrected chi connectivity index (χ1v) is 16.6. The second-order valence-corrected chi connectivity index (χ2v) is 12.5. The molecule has 0 saturated heterocycles. The molecule has 2 aromatic heterocycles. The van der Waals surface area contributed by atoms with Gasteiger partial charge in [0.2, 0.25) is 11.7 Å². The highest BCUT2D eigenvalue weighted by Crippen LogP contribution is 2.41. The van der Waals surface area contributed by atoms with Crippen LogP contribution in [0.2, 0.25) is 0 Å². The van der Waals surface area contributed by atoms with E-state index in [4.69, 9.17) is 19.2 Å². The highest BCUT2D eigenvalue weighted by atomic mass is 32.1. The van der Waals surface area contributed by atoms with Crippen LogP contribution in [0.15, 0.2) is 96.4 Å². The van der Waals surface area contributed by atoms with Gasteiger partial charge in [0.05, 0.1) is 39.1 Å². The number of aromatic nitrogens is 4. The number of hydrogen-bond donors (Lipinski definition) is 1. The van der Waals surface area contributed by atoms with Crippen molar-refractivity contribution in [2.75, 3.05) is 45.6 Å². The topological polar surface area (TPSA) is 124 Å². The van der Waals surface area contributed by atoms with Crippen LogP contribution in [0.25, 0.3) is 22.3 Å². The third-order valence-electron chi connectivity index (χ3n) is 8.17. The summed E-state index contributed by atoms with van der Waals surface area (Å²) in [6.45, 7) is -0.152. The number of fused-ring (bicyclic) bond motifs is 1. The molecule has 1 N–H and O–H groups in total. The third-order valence-corrected chi connectivity index (χ3v) is 9.00. The van der Waals surface area contributed by atoms with Crippen molar-refractivity contribution < 1.29 is 23.8 Å². The number of methoxy groups -OCH3 is 3. The molecule has 1 atom stereocenters. The quantitative estimate of drug-likeness (QED) is 0.154. The number of amides is 2. The molecule has 2 amide bonds. The Morgan fingerprint density at radius 1 is 0.880 bits per heavy atom. The molecule has 50 heavy (non-hydrogen) atoms. The molecule has 0 aliphatic rings. The molecule has 2 heterocycles. The van der Waals surface area contributed by atoms with Gasteiger partial charge in [-0.05, 0) is 54.1 Å². The van der Waals surface area contributed by atoms with E-state index in [0.717, 1.165) is 16.9 Å². The lowest BCUT2D eigenvalue weighted by atomic mass is 10.0. The van der Waals surface area contributed by atoms with Crippen molar-refractivity contribution in [2.45, 2.75) is 19.1 Å². The zero-order valence-corrected chi connectivity index (χ0v) is 29.2. The highest BCUT2D eigenvalue weighted by Gasteiger charge is 2.35. The first-order valence-electron chi connectivity index (χ1n) is 15.7. The Bertz CT molecular complexity index is 2070. The summed E-state index contributed by atoms with van der Waals surface area (Å²) in [5.41, 5.74) is 5.04. The van der Waals surface area contributed by atoms with Gasteiger partial charge in [-0.2, -0.15) is 0 Å². The number of ether oxygens (including phenoxy) is 3. The van der Waals surface area contributed by atoms with Crippen molar-refractivity contribution in [1.82, 2.24) is 24.9 Å². The molecular weight excluding hydrogens is 655 g/mol. The third kappa shape index (κ3) is 7.22. The summed E-state index contributed by atoms with van der Waals surface area (Å²) in [5, 5.41) is 14.1. The van der Waals surface area contributed by atoms with Gasteiger partial charge in [0.1, 0.15) is 23.1 Å². The Hall–Kier alpha value is -5.95. The summed E-state index contributed by atoms with van der Waals surface area (Å²) >= 11 is 1.41. The van der Waals surface area contributed by atoms with Crippen molar-refractivity contribution in [3.63, 3.8) is 0 Å². The first kappa shape index (κ1) is 33.9. The van der Waals surface area contributed by atoms with E-state index in [1.165, 1.54) is 42.2 Å². The maximum atomic E-state index is 14.6. The van der Waals surface area contributed by atoms with Crippen LogP contribution in [-0.2, 0) is 22.7 Å². The van der Waals surface area contributed by atoms with E-state index >= 15 is 0 Å². The molecule has 12 nitrogen and oxygen atoms in total. The molecule has 256 valence electrons. The monoisotopic (exact) mass is 691 g/mol. The maximum Gasteiger partial charge on any atom is 0.251 e. The lowest BCUT2D eigenvalue weighted by molar-refractivity contribution is -0.140. The number of carbonyl (C=O) groups excluding carboxylic acids is 2. The van der Waals surface area contributed by atoms with E-state index in [9.17, 15) is 9.59 Å². The fourth-order valence-electron chi connectivity index (χ4n) is 5.63. The van der Waals surface area contributed by atoms with Gasteiger partial charge in [0.25, 0.3) is 5.91 Å². The molecule has 0 aliphatic carbocycles. The van der Waals surface area contributed by atoms with Gasteiger partial charge >= 0.3 is 0 Å². The number of rotatable bonds is 13. The van der Waals surface area contributed by atoms with Crippen molar-refractivity contribution in [2.24, 2.45) is 0 Å². The predicted molar refractivity (Wildman–Crippen MR) is 194 cm³/mol. The van der Waals surface area contributed by atoms with Gasteiger partial charge in [-0.3, -0.25) is 9.59 Å². The number of hydrogen-bond acceptors (Lipinski definition) is 10. The summed E-state index contributed by atoms with van der Waals surface area (Å²) in [5.74, 6) is 0.203. The van der Waals surface area contributed by atoms with Gasteiger partial charge in [0, 0.05) is 36.4 Å². The number of thiazole rings is 1. The number of anilines is 2. The van der Waals surface area contributed by atoms with Gasteiger partial charge in [-0.25, -0.2) is 9.67 Å². The molecule has 13 heteroatoms. The van der Waals surface area contributed by atoms with Gasteiger partial charge < -0.3 is 29.3 Å². The SMILES string of the molecule is COc1cc([C@H](C(=O)Nc2ccc(N(C)C)cc2)N(Cc2nc(-c3ccccc3)cs2)C(=O)Cn2nnc3ccccc32)cc(OC)c1OC. The standard InChI is InChI=1S/C37H37N7O5S/c1-42(2)27-17-15-26(16-18-27)38-37(46)35(25-19-31(47-3)36(49-5)32(20-25)48-4)43(21-33-39-29(23-50-33)24-11-7-6-8-12-24)34(45)22-44-30-14-10-9-13-28(30)40-41-44/h6-20,23,35H,21-22H2,1-5H3,(H,38,46)/t35-/m1/s1. The second kappa shape index (κ2) is 15.1. The fraction of sp³-hybridized carbons (Fsp3) is 0.216. The molecule has 0 spiro atoms. The van der Waals surface area contributed by atoms with Crippen LogP contribution in [-0.4, -0.2) is 72.1 Å². The highest BCUT2D eigenvalue weighted by molar-refractivity contribution is 7.09. The van der Waals surface area contributed by atoms with Gasteiger partial charge in [-0.15, -0.1) is 16.4 Å². The number of nitrogens with one attached hydrogen (secondary N) is 1. The predicted octanol–water partition coefficient (Wildman–Crippen LogP) is 6.06. The molecule has 0 saturated carbocycles. The van der Waals surface area contributed by atoms with Crippen molar-refractivity contribution in [3.05, 3.63) is 107 Å². The smallest absolute Gasteiger partial charge is 0.251 e. The maximum absolute atomic E-state index is 14.6. The van der Waals surface area contributed by atoms with Crippen LogP contribution in [0.1, 0.15) is 16.6 Å². The summed E-state index contributed by atoms with van der Waals surface area (Å²) in [4.78, 5) is 37.5. The van der Waals surface area contributed by atoms with Crippen LogP contribution in [0.3, 0.4) is 0 Å². The van der Waals surface area contributed by atoms with Crippen molar-refractivity contribution in [3.8, 4) is 28.5 Å². The Morgan fingerprint density at radius 2 is 1.56 bits per heavy atom. The number of para-hydroxylation sites is 1. The molecule has 0 radical (unpaired) electrons. The summed E-state index contributed by atoms with van der Waals surface area (Å²) in [6.07, 6.45) is 0. The first-order chi connectivity index (χ1) is 24.3. The Labute approximate surface area is 293 Å². The van der Waals surface area contributed by atoms with Crippen molar-refractivity contribution in [1.29, 1.82) is 0 Å². The van der Waals surface area contributed by atoms with Crippen LogP contribution in [0.4, 0.5) is 11.4 Å². The molecule has 0 aliphatic heterocycles. The Kier molecular flexibility index (Phi) is 10.2. The van der Waals surface area contributed by atoms with Gasteiger partial charge in [-0.1, -0.05) is 47.7 Å². The zero-order chi connectivity index (χ0) is 35.2. The fourth-order valence-corrected chi connectivity index (χ4v) is 6.43. The van der Waals surface area contributed by atoms with E-state index < -0.39 is 11.9 Å². The Morgan fingerprint density at radius 3 is 2.22 bits per heavy atom. The minimum atomic E-state index is -1.16. The van der Waals surface area contributed by atoms with E-state index in [1.807, 2.05) is 103 Å². The molecular formula is C37H37N7O5S. The van der Waals surface area contributed by atoms with Crippen LogP contribution >= 0.6 is 11.3 Å². The molecule has 6 rings (SSSR count). The van der Waals surface area contributed by atoms with E-state index in [1.54, 1.807) is 12.1 Å². The van der Waals surface area contributed by atoms with Gasteiger partial charge in [0.15, 0.2) is 11.5 Å². The summed E-state index contributed by atoms with van der Waals surface area (Å²) in [7, 11) is 8.39. The molecule has 0 fully saturated rings. The molecule has 0 unspecified atom stereocenters. The zero-order valence-electron chi connectivity index (χ0n) is 28.4. The second-order valence-electron chi connectivity index (χ2n) is 11.5. The molecule has 0 bridgehead atoms. The summed E-state index contributed by atoms with van der Waals surface area (Å²) < 4.78 is 18.5. The van der Waals surface area contributed by atoms with E-state index in [2.05, 4.69) is 15.6 Å². The summed E-state index contributed by atoms with van der Waals surface area (Å²) in [6, 6.07) is 26.8. The minimum Gasteiger partial charge on any atom is -0.493 e. The largest absolute Gasteiger partial charge is 0.493 e. The number of carbonyl (C=O) groups is 2. The lowest BCUT2D eigenvalue weighted by Crippen LogP contribution is -2.42. The molecule has 6 aromatic rings. The normalized spacial score (nSPS) is 11.5. The van der Waals surface area contributed by atoms with Crippen LogP contribution in [0.5, 0.6) is 17.2 Å². The minimum absolute atomic E-state index is 0.0251. The number of benzene rings is 4.